The predicted molar refractivity (Wildman–Crippen MR) is 68.8 cm³/mol. The third-order valence-electron chi connectivity index (χ3n) is 3.94. The lowest BCUT2D eigenvalue weighted by molar-refractivity contribution is 0.0221. The van der Waals surface area contributed by atoms with E-state index in [1.807, 2.05) is 12.4 Å². The van der Waals surface area contributed by atoms with E-state index in [-0.39, 0.29) is 12.1 Å². The lowest BCUT2D eigenvalue weighted by Gasteiger charge is -2.38. The van der Waals surface area contributed by atoms with Crippen molar-refractivity contribution in [1.29, 1.82) is 0 Å². The molecule has 0 aliphatic heterocycles. The summed E-state index contributed by atoms with van der Waals surface area (Å²) < 4.78 is 2.21. The summed E-state index contributed by atoms with van der Waals surface area (Å²) in [7, 11) is 0. The molecule has 1 heterocycles. The van der Waals surface area contributed by atoms with E-state index >= 15 is 0 Å². The largest absolute Gasteiger partial charge is 0.391 e. The molecule has 3 heteroatoms. The molecule has 1 aliphatic carbocycles. The molecule has 17 heavy (non-hydrogen) atoms. The van der Waals surface area contributed by atoms with Crippen molar-refractivity contribution in [1.82, 2.24) is 9.55 Å². The van der Waals surface area contributed by atoms with E-state index in [0.717, 1.165) is 25.1 Å². The molecule has 2 rings (SSSR count). The van der Waals surface area contributed by atoms with Crippen molar-refractivity contribution < 1.29 is 5.11 Å². The Morgan fingerprint density at radius 1 is 1.41 bits per heavy atom. The number of aryl methyl sites for hydroxylation is 1. The van der Waals surface area contributed by atoms with Crippen molar-refractivity contribution in [2.75, 3.05) is 0 Å². The third kappa shape index (κ3) is 2.54. The molecule has 1 aromatic rings. The van der Waals surface area contributed by atoms with Crippen LogP contribution in [-0.2, 0) is 6.42 Å². The van der Waals surface area contributed by atoms with Gasteiger partial charge in [-0.2, -0.15) is 0 Å². The summed E-state index contributed by atoms with van der Waals surface area (Å²) in [6.07, 6.45) is 7.89. The number of nitrogens with zero attached hydrogens (tertiary/aromatic N) is 2. The second-order valence-electron chi connectivity index (χ2n) is 5.61. The summed E-state index contributed by atoms with van der Waals surface area (Å²) in [6.45, 7) is 6.65. The summed E-state index contributed by atoms with van der Waals surface area (Å²) >= 11 is 0. The second-order valence-corrected chi connectivity index (χ2v) is 5.61. The third-order valence-corrected chi connectivity index (χ3v) is 3.94. The number of aromatic nitrogens is 2. The fourth-order valence-electron chi connectivity index (χ4n) is 3.29. The molecule has 1 saturated carbocycles. The Morgan fingerprint density at radius 3 is 2.82 bits per heavy atom. The maximum Gasteiger partial charge on any atom is 0.108 e. The fourth-order valence-corrected chi connectivity index (χ4v) is 3.29. The fraction of sp³-hybridized carbons (Fsp3) is 0.786. The van der Waals surface area contributed by atoms with Gasteiger partial charge in [0.05, 0.1) is 12.1 Å². The molecule has 0 spiro atoms. The average molecular weight is 236 g/mol. The quantitative estimate of drug-likeness (QED) is 0.876. The van der Waals surface area contributed by atoms with Crippen LogP contribution in [0.5, 0.6) is 0 Å². The van der Waals surface area contributed by atoms with Crippen molar-refractivity contribution >= 4 is 0 Å². The number of rotatable bonds is 3. The van der Waals surface area contributed by atoms with E-state index in [0.29, 0.717) is 11.8 Å². The molecule has 1 N–H and O–H groups in total. The zero-order valence-electron chi connectivity index (χ0n) is 11.1. The first-order valence-corrected chi connectivity index (χ1v) is 6.83. The van der Waals surface area contributed by atoms with Gasteiger partial charge in [0.2, 0.25) is 0 Å². The van der Waals surface area contributed by atoms with Crippen LogP contribution >= 0.6 is 0 Å². The standard InChI is InChI=1S/C14H24N2O/c1-4-5-13-15-6-7-16(13)14-11(3)8-10(2)9-12(14)17/h6-7,10-12,14,17H,4-5,8-9H2,1-3H3. The van der Waals surface area contributed by atoms with Crippen LogP contribution in [0.15, 0.2) is 12.4 Å². The predicted octanol–water partition coefficient (Wildman–Crippen LogP) is 2.80. The second kappa shape index (κ2) is 5.21. The minimum Gasteiger partial charge on any atom is -0.391 e. The van der Waals surface area contributed by atoms with Crippen molar-refractivity contribution in [2.24, 2.45) is 11.8 Å². The summed E-state index contributed by atoms with van der Waals surface area (Å²) in [6, 6.07) is 0.218. The lowest BCUT2D eigenvalue weighted by Crippen LogP contribution is -2.37. The van der Waals surface area contributed by atoms with Crippen LogP contribution in [0, 0.1) is 11.8 Å². The molecule has 96 valence electrons. The minimum atomic E-state index is -0.224. The van der Waals surface area contributed by atoms with Gasteiger partial charge in [-0.25, -0.2) is 4.98 Å². The Bertz CT molecular complexity index is 349. The number of hydrogen-bond donors (Lipinski definition) is 1. The van der Waals surface area contributed by atoms with Crippen molar-refractivity contribution in [3.63, 3.8) is 0 Å². The van der Waals surface area contributed by atoms with Gasteiger partial charge in [0.25, 0.3) is 0 Å². The van der Waals surface area contributed by atoms with Gasteiger partial charge in [-0.3, -0.25) is 0 Å². The van der Waals surface area contributed by atoms with Crippen LogP contribution in [0.25, 0.3) is 0 Å². The highest BCUT2D eigenvalue weighted by Crippen LogP contribution is 2.37. The van der Waals surface area contributed by atoms with E-state index in [2.05, 4.69) is 30.3 Å². The maximum absolute atomic E-state index is 10.3. The normalized spacial score (nSPS) is 33.9. The smallest absolute Gasteiger partial charge is 0.108 e. The van der Waals surface area contributed by atoms with E-state index in [4.69, 9.17) is 0 Å². The summed E-state index contributed by atoms with van der Waals surface area (Å²) in [5, 5.41) is 10.3. The first-order chi connectivity index (χ1) is 8.13. The number of aliphatic hydroxyl groups is 1. The number of aliphatic hydroxyl groups excluding tert-OH is 1. The van der Waals surface area contributed by atoms with Crippen LogP contribution in [0.1, 0.15) is 51.9 Å². The molecule has 3 nitrogen and oxygen atoms in total. The number of imidazole rings is 1. The van der Waals surface area contributed by atoms with Crippen LogP contribution in [0.2, 0.25) is 0 Å². The summed E-state index contributed by atoms with van der Waals surface area (Å²) in [4.78, 5) is 4.42. The molecule has 0 bridgehead atoms. The Kier molecular flexibility index (Phi) is 3.87. The molecule has 4 unspecified atom stereocenters. The highest BCUT2D eigenvalue weighted by Gasteiger charge is 2.34. The van der Waals surface area contributed by atoms with Crippen LogP contribution in [0.3, 0.4) is 0 Å². The van der Waals surface area contributed by atoms with Crippen molar-refractivity contribution in [3.05, 3.63) is 18.2 Å². The van der Waals surface area contributed by atoms with Crippen LogP contribution in [-0.4, -0.2) is 20.8 Å². The van der Waals surface area contributed by atoms with E-state index in [1.54, 1.807) is 0 Å². The van der Waals surface area contributed by atoms with E-state index in [9.17, 15) is 5.11 Å². The SMILES string of the molecule is CCCc1nccn1C1C(C)CC(C)CC1O. The molecular formula is C14H24N2O. The first-order valence-electron chi connectivity index (χ1n) is 6.83. The molecule has 0 aromatic carbocycles. The first kappa shape index (κ1) is 12.6. The molecule has 4 atom stereocenters. The highest BCUT2D eigenvalue weighted by atomic mass is 16.3. The Hall–Kier alpha value is -0.830. The van der Waals surface area contributed by atoms with Gasteiger partial charge in [-0.15, -0.1) is 0 Å². The molecule has 1 fully saturated rings. The Balaban J connectivity index is 2.22. The zero-order chi connectivity index (χ0) is 12.4. The van der Waals surface area contributed by atoms with Crippen molar-refractivity contribution in [2.45, 2.75) is 58.6 Å². The Labute approximate surface area is 104 Å². The van der Waals surface area contributed by atoms with Crippen LogP contribution in [0.4, 0.5) is 0 Å². The van der Waals surface area contributed by atoms with Crippen LogP contribution < -0.4 is 0 Å². The van der Waals surface area contributed by atoms with Crippen molar-refractivity contribution in [3.8, 4) is 0 Å². The van der Waals surface area contributed by atoms with Gasteiger partial charge in [-0.05, 0) is 31.1 Å². The van der Waals surface area contributed by atoms with Gasteiger partial charge in [0, 0.05) is 18.8 Å². The van der Waals surface area contributed by atoms with Gasteiger partial charge < -0.3 is 9.67 Å². The monoisotopic (exact) mass is 236 g/mol. The van der Waals surface area contributed by atoms with Gasteiger partial charge >= 0.3 is 0 Å². The molecule has 0 saturated heterocycles. The lowest BCUT2D eigenvalue weighted by atomic mass is 9.78. The molecule has 0 amide bonds. The summed E-state index contributed by atoms with van der Waals surface area (Å²) in [5.74, 6) is 2.28. The molecule has 0 radical (unpaired) electrons. The summed E-state index contributed by atoms with van der Waals surface area (Å²) in [5.41, 5.74) is 0. The molecular weight excluding hydrogens is 212 g/mol. The highest BCUT2D eigenvalue weighted by molar-refractivity contribution is 5.00. The van der Waals surface area contributed by atoms with Gasteiger partial charge in [-0.1, -0.05) is 20.8 Å². The van der Waals surface area contributed by atoms with Gasteiger partial charge in [0.15, 0.2) is 0 Å². The minimum absolute atomic E-state index is 0.218. The molecule has 1 aromatic heterocycles. The topological polar surface area (TPSA) is 38.0 Å². The molecule has 1 aliphatic rings. The number of hydrogen-bond acceptors (Lipinski definition) is 2. The zero-order valence-corrected chi connectivity index (χ0v) is 11.1. The van der Waals surface area contributed by atoms with E-state index < -0.39 is 0 Å². The maximum atomic E-state index is 10.3. The Morgan fingerprint density at radius 2 is 2.18 bits per heavy atom. The van der Waals surface area contributed by atoms with Gasteiger partial charge in [0.1, 0.15) is 5.82 Å². The van der Waals surface area contributed by atoms with E-state index in [1.165, 1.54) is 6.42 Å². The average Bonchev–Trinajstić information content (AvgIpc) is 2.65.